The van der Waals surface area contributed by atoms with Gasteiger partial charge in [-0.1, -0.05) is 12.1 Å². The number of H-pyrrole nitrogens is 1. The summed E-state index contributed by atoms with van der Waals surface area (Å²) in [5, 5.41) is 0. The Morgan fingerprint density at radius 2 is 2.08 bits per heavy atom. The largest absolute Gasteiger partial charge is 0.497 e. The fourth-order valence-electron chi connectivity index (χ4n) is 3.99. The summed E-state index contributed by atoms with van der Waals surface area (Å²) in [4.78, 5) is 23.2. The molecule has 0 spiro atoms. The van der Waals surface area contributed by atoms with Crippen LogP contribution in [0.1, 0.15) is 48.7 Å². The number of carbonyl (C=O) groups excluding carboxylic acids is 1. The van der Waals surface area contributed by atoms with Crippen LogP contribution in [0.4, 0.5) is 0 Å². The zero-order chi connectivity index (χ0) is 17.4. The number of imidazole rings is 1. The topological polar surface area (TPSA) is 58.2 Å². The van der Waals surface area contributed by atoms with Crippen LogP contribution in [-0.4, -0.2) is 41.0 Å². The Morgan fingerprint density at radius 1 is 1.32 bits per heavy atom. The minimum Gasteiger partial charge on any atom is -0.497 e. The first-order valence-electron chi connectivity index (χ1n) is 9.08. The summed E-state index contributed by atoms with van der Waals surface area (Å²) >= 11 is 0. The van der Waals surface area contributed by atoms with Crippen molar-refractivity contribution in [2.24, 2.45) is 0 Å². The van der Waals surface area contributed by atoms with Crippen molar-refractivity contribution < 1.29 is 9.53 Å². The number of hydrogen-bond acceptors (Lipinski definition) is 3. The Labute approximate surface area is 148 Å². The van der Waals surface area contributed by atoms with Gasteiger partial charge in [0.25, 0.3) is 0 Å². The first kappa shape index (κ1) is 16.2. The van der Waals surface area contributed by atoms with E-state index in [0.29, 0.717) is 5.92 Å². The third kappa shape index (κ3) is 2.92. The van der Waals surface area contributed by atoms with Crippen LogP contribution in [0, 0.1) is 6.92 Å². The Balaban J connectivity index is 1.51. The van der Waals surface area contributed by atoms with Crippen molar-refractivity contribution in [3.63, 3.8) is 0 Å². The summed E-state index contributed by atoms with van der Waals surface area (Å²) in [5.74, 6) is 2.45. The minimum absolute atomic E-state index is 0.283. The first-order chi connectivity index (χ1) is 12.1. The highest BCUT2D eigenvalue weighted by molar-refractivity contribution is 5.91. The molecule has 5 heteroatoms. The Bertz CT molecular complexity index is 762. The minimum atomic E-state index is -0.312. The SMILES string of the molecule is COc1ccc(C2(C(=O)N3CCCC(c4ncc(C)[nH]4)C3)CC2)cc1. The van der Waals surface area contributed by atoms with E-state index < -0.39 is 0 Å². The molecule has 25 heavy (non-hydrogen) atoms. The molecule has 0 bridgehead atoms. The molecule has 1 aromatic heterocycles. The molecule has 0 radical (unpaired) electrons. The van der Waals surface area contributed by atoms with Gasteiger partial charge in [-0.3, -0.25) is 4.79 Å². The van der Waals surface area contributed by atoms with E-state index in [1.54, 1.807) is 7.11 Å². The maximum atomic E-state index is 13.3. The van der Waals surface area contributed by atoms with Crippen LogP contribution in [0.3, 0.4) is 0 Å². The van der Waals surface area contributed by atoms with Crippen molar-refractivity contribution in [1.82, 2.24) is 14.9 Å². The van der Waals surface area contributed by atoms with Crippen LogP contribution < -0.4 is 4.74 Å². The van der Waals surface area contributed by atoms with E-state index in [1.807, 2.05) is 37.4 Å². The molecule has 4 rings (SSSR count). The Hall–Kier alpha value is -2.30. The monoisotopic (exact) mass is 339 g/mol. The molecule has 1 aliphatic heterocycles. The second-order valence-corrected chi connectivity index (χ2v) is 7.35. The number of carbonyl (C=O) groups is 1. The summed E-state index contributed by atoms with van der Waals surface area (Å²) in [6.07, 6.45) is 5.88. The van der Waals surface area contributed by atoms with Crippen molar-refractivity contribution in [3.05, 3.63) is 47.5 Å². The zero-order valence-electron chi connectivity index (χ0n) is 14.9. The maximum absolute atomic E-state index is 13.3. The number of benzene rings is 1. The number of aromatic nitrogens is 2. The standard InChI is InChI=1S/C20H25N3O2/c1-14-12-21-18(22-14)15-4-3-11-23(13-15)19(24)20(9-10-20)16-5-7-17(25-2)8-6-16/h5-8,12,15H,3-4,9-11,13H2,1-2H3,(H,21,22). The lowest BCUT2D eigenvalue weighted by Crippen LogP contribution is -2.44. The van der Waals surface area contributed by atoms with Crippen LogP contribution in [0.2, 0.25) is 0 Å². The fraction of sp³-hybridized carbons (Fsp3) is 0.500. The van der Waals surface area contributed by atoms with Gasteiger partial charge in [-0.05, 0) is 50.3 Å². The predicted molar refractivity (Wildman–Crippen MR) is 95.8 cm³/mol. The molecule has 1 atom stereocenters. The van der Waals surface area contributed by atoms with Gasteiger partial charge in [0, 0.05) is 30.9 Å². The van der Waals surface area contributed by atoms with Crippen molar-refractivity contribution in [1.29, 1.82) is 0 Å². The Morgan fingerprint density at radius 3 is 2.68 bits per heavy atom. The number of rotatable bonds is 4. The average molecular weight is 339 g/mol. The third-order valence-electron chi connectivity index (χ3n) is 5.62. The predicted octanol–water partition coefficient (Wildman–Crippen LogP) is 3.16. The lowest BCUT2D eigenvalue weighted by molar-refractivity contribution is -0.135. The van der Waals surface area contributed by atoms with E-state index in [9.17, 15) is 4.79 Å². The highest BCUT2D eigenvalue weighted by Gasteiger charge is 2.53. The number of piperidine rings is 1. The van der Waals surface area contributed by atoms with Crippen molar-refractivity contribution >= 4 is 5.91 Å². The van der Waals surface area contributed by atoms with E-state index >= 15 is 0 Å². The molecule has 2 aromatic rings. The fourth-order valence-corrected chi connectivity index (χ4v) is 3.99. The van der Waals surface area contributed by atoms with Crippen LogP contribution in [-0.2, 0) is 10.2 Å². The number of likely N-dealkylation sites (tertiary alicyclic amines) is 1. The van der Waals surface area contributed by atoms with E-state index in [1.165, 1.54) is 0 Å². The van der Waals surface area contributed by atoms with Crippen molar-refractivity contribution in [3.8, 4) is 5.75 Å². The van der Waals surface area contributed by atoms with Gasteiger partial charge in [0.1, 0.15) is 11.6 Å². The molecule has 1 aliphatic carbocycles. The summed E-state index contributed by atoms with van der Waals surface area (Å²) in [5.41, 5.74) is 1.89. The number of ether oxygens (including phenoxy) is 1. The molecule has 132 valence electrons. The molecular weight excluding hydrogens is 314 g/mol. The van der Waals surface area contributed by atoms with Gasteiger partial charge < -0.3 is 14.6 Å². The molecule has 1 saturated carbocycles. The smallest absolute Gasteiger partial charge is 0.233 e. The summed E-state index contributed by atoms with van der Waals surface area (Å²) in [6, 6.07) is 7.99. The van der Waals surface area contributed by atoms with Gasteiger partial charge in [-0.2, -0.15) is 0 Å². The van der Waals surface area contributed by atoms with Gasteiger partial charge >= 0.3 is 0 Å². The lowest BCUT2D eigenvalue weighted by Gasteiger charge is -2.34. The van der Waals surface area contributed by atoms with E-state index in [4.69, 9.17) is 4.74 Å². The van der Waals surface area contributed by atoms with E-state index in [0.717, 1.165) is 61.6 Å². The van der Waals surface area contributed by atoms with Crippen molar-refractivity contribution in [2.75, 3.05) is 20.2 Å². The molecule has 5 nitrogen and oxygen atoms in total. The highest BCUT2D eigenvalue weighted by Crippen LogP contribution is 2.50. The number of amides is 1. The zero-order valence-corrected chi connectivity index (χ0v) is 14.9. The number of nitrogens with one attached hydrogen (secondary N) is 1. The molecular formula is C20H25N3O2. The summed E-state index contributed by atoms with van der Waals surface area (Å²) in [7, 11) is 1.66. The quantitative estimate of drug-likeness (QED) is 0.931. The van der Waals surface area contributed by atoms with Gasteiger partial charge in [0.05, 0.1) is 12.5 Å². The van der Waals surface area contributed by atoms with E-state index in [-0.39, 0.29) is 11.3 Å². The number of hydrogen-bond donors (Lipinski definition) is 1. The van der Waals surface area contributed by atoms with E-state index in [2.05, 4.69) is 14.9 Å². The number of aryl methyl sites for hydroxylation is 1. The molecule has 2 fully saturated rings. The number of aromatic amines is 1. The molecule has 2 aliphatic rings. The van der Waals surface area contributed by atoms with Crippen LogP contribution in [0.5, 0.6) is 5.75 Å². The molecule has 1 amide bonds. The van der Waals surface area contributed by atoms with Crippen LogP contribution in [0.25, 0.3) is 0 Å². The molecule has 1 unspecified atom stereocenters. The number of methoxy groups -OCH3 is 1. The maximum Gasteiger partial charge on any atom is 0.233 e. The Kier molecular flexibility index (Phi) is 4.02. The number of nitrogens with zero attached hydrogens (tertiary/aromatic N) is 2. The molecule has 2 heterocycles. The highest BCUT2D eigenvalue weighted by atomic mass is 16.5. The van der Waals surface area contributed by atoms with Crippen LogP contribution >= 0.6 is 0 Å². The molecule has 1 aromatic carbocycles. The van der Waals surface area contributed by atoms with Gasteiger partial charge in [0.15, 0.2) is 0 Å². The summed E-state index contributed by atoms with van der Waals surface area (Å²) in [6.45, 7) is 3.64. The first-order valence-corrected chi connectivity index (χ1v) is 9.08. The second-order valence-electron chi connectivity index (χ2n) is 7.35. The molecule has 1 saturated heterocycles. The van der Waals surface area contributed by atoms with Gasteiger partial charge in [-0.15, -0.1) is 0 Å². The van der Waals surface area contributed by atoms with Crippen LogP contribution in [0.15, 0.2) is 30.5 Å². The third-order valence-corrected chi connectivity index (χ3v) is 5.62. The molecule has 1 N–H and O–H groups in total. The van der Waals surface area contributed by atoms with Gasteiger partial charge in [-0.25, -0.2) is 4.98 Å². The summed E-state index contributed by atoms with van der Waals surface area (Å²) < 4.78 is 5.24. The second kappa shape index (κ2) is 6.21. The van der Waals surface area contributed by atoms with Crippen molar-refractivity contribution in [2.45, 2.75) is 43.9 Å². The lowest BCUT2D eigenvalue weighted by atomic mass is 9.91. The normalized spacial score (nSPS) is 21.8. The average Bonchev–Trinajstić information content (AvgIpc) is 3.36. The van der Waals surface area contributed by atoms with Gasteiger partial charge in [0.2, 0.25) is 5.91 Å².